The van der Waals surface area contributed by atoms with Gasteiger partial charge in [0.1, 0.15) is 5.03 Å². The minimum Gasteiger partial charge on any atom is -0.490 e. The fourth-order valence-electron chi connectivity index (χ4n) is 3.86. The summed E-state index contributed by atoms with van der Waals surface area (Å²) >= 11 is 1.39. The van der Waals surface area contributed by atoms with Crippen molar-refractivity contribution < 1.29 is 14.3 Å². The fraction of sp³-hybridized carbons (Fsp3) is 0.179. The number of anilines is 1. The van der Waals surface area contributed by atoms with Crippen molar-refractivity contribution in [2.24, 2.45) is 0 Å². The Balaban J connectivity index is 1.45. The second kappa shape index (κ2) is 10.2. The maximum atomic E-state index is 12.7. The van der Waals surface area contributed by atoms with Crippen LogP contribution >= 0.6 is 11.8 Å². The van der Waals surface area contributed by atoms with E-state index in [0.717, 1.165) is 33.0 Å². The first-order valence-electron chi connectivity index (χ1n) is 11.5. The molecule has 0 radical (unpaired) electrons. The van der Waals surface area contributed by atoms with E-state index < -0.39 is 0 Å². The van der Waals surface area contributed by atoms with Crippen molar-refractivity contribution in [2.45, 2.75) is 25.3 Å². The number of aryl methyl sites for hydroxylation is 1. The number of para-hydroxylation sites is 1. The Hall–Kier alpha value is -3.84. The molecule has 0 aliphatic carbocycles. The Morgan fingerprint density at radius 1 is 1.03 bits per heavy atom. The third kappa shape index (κ3) is 5.15. The number of hydrogen-bond donors (Lipinski definition) is 1. The number of fused-ring (bicyclic) bond motifs is 2. The highest BCUT2D eigenvalue weighted by Crippen LogP contribution is 2.44. The van der Waals surface area contributed by atoms with Gasteiger partial charge in [-0.2, -0.15) is 4.98 Å². The number of benzene rings is 3. The lowest BCUT2D eigenvalue weighted by Gasteiger charge is -2.23. The Morgan fingerprint density at radius 3 is 2.60 bits per heavy atom. The van der Waals surface area contributed by atoms with Crippen molar-refractivity contribution in [3.63, 3.8) is 0 Å². The number of ether oxygens (including phenoxy) is 2. The monoisotopic (exact) mass is 483 g/mol. The maximum absolute atomic E-state index is 12.7. The molecule has 1 aliphatic heterocycles. The average molecular weight is 484 g/mol. The molecule has 0 unspecified atom stereocenters. The van der Waals surface area contributed by atoms with Crippen molar-refractivity contribution in [3.8, 4) is 28.8 Å². The molecule has 0 saturated carbocycles. The Bertz CT molecular complexity index is 1360. The fourth-order valence-corrected chi connectivity index (χ4v) is 4.68. The van der Waals surface area contributed by atoms with E-state index in [9.17, 15) is 4.79 Å². The molecule has 7 heteroatoms. The van der Waals surface area contributed by atoms with Gasteiger partial charge < -0.3 is 14.8 Å². The van der Waals surface area contributed by atoms with Crippen LogP contribution in [0.15, 0.2) is 77.8 Å². The summed E-state index contributed by atoms with van der Waals surface area (Å²) in [6.45, 7) is 4.51. The van der Waals surface area contributed by atoms with Crippen LogP contribution in [0.1, 0.15) is 23.6 Å². The number of carbonyl (C=O) groups is 1. The summed E-state index contributed by atoms with van der Waals surface area (Å²) in [6.07, 6.45) is 0.600. The summed E-state index contributed by atoms with van der Waals surface area (Å²) in [5.41, 5.74) is 4.68. The van der Waals surface area contributed by atoms with Gasteiger partial charge in [-0.3, -0.25) is 4.79 Å². The lowest BCUT2D eigenvalue weighted by atomic mass is 10.0. The van der Waals surface area contributed by atoms with E-state index in [1.807, 2.05) is 86.6 Å². The first-order valence-corrected chi connectivity index (χ1v) is 12.5. The first kappa shape index (κ1) is 22.9. The van der Waals surface area contributed by atoms with E-state index in [2.05, 4.69) is 5.32 Å². The van der Waals surface area contributed by atoms with Crippen LogP contribution in [-0.2, 0) is 11.2 Å². The zero-order valence-corrected chi connectivity index (χ0v) is 20.4. The highest BCUT2D eigenvalue weighted by atomic mass is 32.2. The van der Waals surface area contributed by atoms with Gasteiger partial charge in [-0.1, -0.05) is 71.9 Å². The largest absolute Gasteiger partial charge is 0.490 e. The van der Waals surface area contributed by atoms with Crippen LogP contribution in [-0.4, -0.2) is 28.2 Å². The van der Waals surface area contributed by atoms with Gasteiger partial charge in [0.25, 0.3) is 0 Å². The molecule has 5 rings (SSSR count). The Morgan fingerprint density at radius 2 is 1.83 bits per heavy atom. The summed E-state index contributed by atoms with van der Waals surface area (Å²) in [5.74, 6) is 2.57. The van der Waals surface area contributed by atoms with Crippen LogP contribution in [0.5, 0.6) is 17.4 Å². The molecule has 0 spiro atoms. The Kier molecular flexibility index (Phi) is 6.68. The highest BCUT2D eigenvalue weighted by molar-refractivity contribution is 8.00. The van der Waals surface area contributed by atoms with Crippen molar-refractivity contribution in [3.05, 3.63) is 89.5 Å². The summed E-state index contributed by atoms with van der Waals surface area (Å²) in [5, 5.41) is 3.69. The van der Waals surface area contributed by atoms with Gasteiger partial charge in [-0.05, 0) is 32.0 Å². The van der Waals surface area contributed by atoms with E-state index in [-0.39, 0.29) is 11.7 Å². The molecule has 1 aromatic heterocycles. The normalized spacial score (nSPS) is 11.7. The van der Waals surface area contributed by atoms with Crippen molar-refractivity contribution in [1.29, 1.82) is 0 Å². The van der Waals surface area contributed by atoms with E-state index in [0.29, 0.717) is 36.2 Å². The minimum atomic E-state index is -0.0942. The van der Waals surface area contributed by atoms with E-state index in [4.69, 9.17) is 19.4 Å². The number of aromatic nitrogens is 2. The van der Waals surface area contributed by atoms with Crippen molar-refractivity contribution >= 4 is 23.4 Å². The van der Waals surface area contributed by atoms with E-state index in [1.165, 1.54) is 11.8 Å². The number of thioether (sulfide) groups is 1. The number of rotatable bonds is 7. The lowest BCUT2D eigenvalue weighted by Crippen LogP contribution is -2.15. The van der Waals surface area contributed by atoms with E-state index in [1.54, 1.807) is 0 Å². The van der Waals surface area contributed by atoms with Crippen LogP contribution in [0.25, 0.3) is 11.4 Å². The molecule has 35 heavy (non-hydrogen) atoms. The summed E-state index contributed by atoms with van der Waals surface area (Å²) in [7, 11) is 0. The van der Waals surface area contributed by atoms with Gasteiger partial charge >= 0.3 is 0 Å². The molecule has 1 aliphatic rings. The second-order valence-electron chi connectivity index (χ2n) is 8.16. The lowest BCUT2D eigenvalue weighted by molar-refractivity contribution is -0.113. The molecule has 0 fully saturated rings. The predicted molar refractivity (Wildman–Crippen MR) is 138 cm³/mol. The highest BCUT2D eigenvalue weighted by Gasteiger charge is 2.27. The number of carbonyl (C=O) groups excluding carboxylic acids is 1. The molecular formula is C28H25N3O3S. The van der Waals surface area contributed by atoms with E-state index >= 15 is 0 Å². The number of nitrogens with one attached hydrogen (secondary N) is 1. The zero-order chi connectivity index (χ0) is 24.2. The summed E-state index contributed by atoms with van der Waals surface area (Å²) in [4.78, 5) is 22.3. The van der Waals surface area contributed by atoms with Crippen LogP contribution < -0.4 is 14.8 Å². The van der Waals surface area contributed by atoms with Gasteiger partial charge in [0.2, 0.25) is 11.8 Å². The number of amides is 1. The van der Waals surface area contributed by atoms with Gasteiger partial charge in [0, 0.05) is 23.2 Å². The molecular weight excluding hydrogens is 458 g/mol. The molecule has 1 N–H and O–H groups in total. The molecule has 2 heterocycles. The second-order valence-corrected chi connectivity index (χ2v) is 9.13. The summed E-state index contributed by atoms with van der Waals surface area (Å²) < 4.78 is 12.1. The molecule has 0 atom stereocenters. The first-order chi connectivity index (χ1) is 17.1. The molecule has 6 nitrogen and oxygen atoms in total. The summed E-state index contributed by atoms with van der Waals surface area (Å²) in [6, 6.07) is 23.4. The minimum absolute atomic E-state index is 0.0942. The maximum Gasteiger partial charge on any atom is 0.234 e. The van der Waals surface area contributed by atoms with Gasteiger partial charge in [0.15, 0.2) is 17.3 Å². The number of nitrogens with zero attached hydrogens (tertiary/aromatic N) is 2. The van der Waals surface area contributed by atoms with Crippen molar-refractivity contribution in [2.75, 3.05) is 17.7 Å². The smallest absolute Gasteiger partial charge is 0.234 e. The van der Waals surface area contributed by atoms with Gasteiger partial charge in [-0.25, -0.2) is 4.98 Å². The average Bonchev–Trinajstić information content (AvgIpc) is 2.88. The molecule has 1 amide bonds. The quantitative estimate of drug-likeness (QED) is 0.217. The van der Waals surface area contributed by atoms with Crippen LogP contribution in [0.4, 0.5) is 5.69 Å². The predicted octanol–water partition coefficient (Wildman–Crippen LogP) is 6.28. The Labute approximate surface area is 208 Å². The molecule has 4 aromatic rings. The van der Waals surface area contributed by atoms with Gasteiger partial charge in [0.05, 0.1) is 17.9 Å². The number of hydrogen-bond acceptors (Lipinski definition) is 6. The zero-order valence-electron chi connectivity index (χ0n) is 19.6. The molecule has 0 bridgehead atoms. The van der Waals surface area contributed by atoms with Crippen molar-refractivity contribution in [1.82, 2.24) is 9.97 Å². The molecule has 0 saturated heterocycles. The van der Waals surface area contributed by atoms with Crippen LogP contribution in [0.3, 0.4) is 0 Å². The van der Waals surface area contributed by atoms with Gasteiger partial charge in [-0.15, -0.1) is 0 Å². The molecule has 176 valence electrons. The standard InChI is InChI=1S/C28H25N3O3S/c1-3-33-23-11-7-10-20-16-22-27(34-25(20)23)30-26(19-8-5-4-6-9-19)31-28(22)35-17-24(32)29-21-14-12-18(2)13-15-21/h4-15H,3,16-17H2,1-2H3,(H,29,32). The van der Waals surface area contributed by atoms with Crippen LogP contribution in [0, 0.1) is 6.92 Å². The SMILES string of the molecule is CCOc1cccc2c1Oc1nc(-c3ccccc3)nc(SCC(=O)Nc3ccc(C)cc3)c1C2. The third-order valence-corrected chi connectivity index (χ3v) is 6.58. The topological polar surface area (TPSA) is 73.3 Å². The third-order valence-electron chi connectivity index (χ3n) is 5.56. The molecule has 3 aromatic carbocycles. The van der Waals surface area contributed by atoms with Crippen LogP contribution in [0.2, 0.25) is 0 Å².